The van der Waals surface area contributed by atoms with Gasteiger partial charge in [-0.05, 0) is 0 Å². The van der Waals surface area contributed by atoms with E-state index in [1.54, 1.807) is 0 Å². The van der Waals surface area contributed by atoms with Gasteiger partial charge in [-0.25, -0.2) is 4.39 Å². The highest BCUT2D eigenvalue weighted by Crippen LogP contribution is 1.97. The van der Waals surface area contributed by atoms with Gasteiger partial charge in [0.25, 0.3) is 0 Å². The smallest absolute Gasteiger partial charge is 0.151 e. The zero-order valence-electron chi connectivity index (χ0n) is 5.25. The van der Waals surface area contributed by atoms with E-state index >= 15 is 0 Å². The highest BCUT2D eigenvalue weighted by molar-refractivity contribution is 4.64. The van der Waals surface area contributed by atoms with Gasteiger partial charge in [-0.2, -0.15) is 0 Å². The summed E-state index contributed by atoms with van der Waals surface area (Å²) in [6.07, 6.45) is -2.80. The van der Waals surface area contributed by atoms with Gasteiger partial charge in [0.1, 0.15) is 6.10 Å². The fourth-order valence-electron chi connectivity index (χ4n) is 0.385. The maximum atomic E-state index is 12.3. The lowest BCUT2D eigenvalue weighted by Gasteiger charge is -2.10. The topological polar surface area (TPSA) is 49.7 Å². The monoisotopic (exact) mass is 138 g/mol. The van der Waals surface area contributed by atoms with Crippen LogP contribution in [0.25, 0.3) is 0 Å². The SMILES string of the molecule is COCC(F)C(O)CO. The number of aliphatic hydroxyl groups is 2. The molecule has 3 nitrogen and oxygen atoms in total. The zero-order valence-corrected chi connectivity index (χ0v) is 5.25. The second-order valence-corrected chi connectivity index (χ2v) is 1.72. The third-order valence-corrected chi connectivity index (χ3v) is 0.930. The second kappa shape index (κ2) is 4.67. The number of rotatable bonds is 4. The molecule has 0 rings (SSSR count). The van der Waals surface area contributed by atoms with Gasteiger partial charge in [0.05, 0.1) is 13.2 Å². The Labute approximate surface area is 53.1 Å². The second-order valence-electron chi connectivity index (χ2n) is 1.72. The first-order chi connectivity index (χ1) is 4.22. The predicted octanol–water partition coefficient (Wildman–Crippen LogP) is -0.676. The average Bonchev–Trinajstić information content (AvgIpc) is 1.87. The number of hydrogen-bond donors (Lipinski definition) is 2. The molecule has 0 amide bonds. The lowest BCUT2D eigenvalue weighted by Crippen LogP contribution is -2.29. The van der Waals surface area contributed by atoms with E-state index in [-0.39, 0.29) is 6.61 Å². The average molecular weight is 138 g/mol. The van der Waals surface area contributed by atoms with E-state index in [0.29, 0.717) is 0 Å². The van der Waals surface area contributed by atoms with E-state index in [0.717, 1.165) is 0 Å². The van der Waals surface area contributed by atoms with Crippen molar-refractivity contribution in [3.05, 3.63) is 0 Å². The van der Waals surface area contributed by atoms with Crippen LogP contribution in [0.5, 0.6) is 0 Å². The van der Waals surface area contributed by atoms with Gasteiger partial charge in [0.2, 0.25) is 0 Å². The van der Waals surface area contributed by atoms with Crippen LogP contribution in [0.2, 0.25) is 0 Å². The molecule has 0 aromatic carbocycles. The van der Waals surface area contributed by atoms with Crippen LogP contribution < -0.4 is 0 Å². The van der Waals surface area contributed by atoms with E-state index in [1.165, 1.54) is 7.11 Å². The van der Waals surface area contributed by atoms with Gasteiger partial charge in [-0.15, -0.1) is 0 Å². The summed E-state index contributed by atoms with van der Waals surface area (Å²) in [5.74, 6) is 0. The lowest BCUT2D eigenvalue weighted by molar-refractivity contribution is -0.00624. The number of aliphatic hydroxyl groups excluding tert-OH is 2. The Balaban J connectivity index is 3.32. The molecular weight excluding hydrogens is 127 g/mol. The van der Waals surface area contributed by atoms with E-state index < -0.39 is 18.9 Å². The molecule has 9 heavy (non-hydrogen) atoms. The van der Waals surface area contributed by atoms with Crippen molar-refractivity contribution in [2.24, 2.45) is 0 Å². The molecule has 0 saturated heterocycles. The lowest BCUT2D eigenvalue weighted by atomic mass is 10.2. The van der Waals surface area contributed by atoms with Gasteiger partial charge in [0, 0.05) is 7.11 Å². The summed E-state index contributed by atoms with van der Waals surface area (Å²) < 4.78 is 16.6. The number of methoxy groups -OCH3 is 1. The minimum atomic E-state index is -1.49. The summed E-state index contributed by atoms with van der Waals surface area (Å²) in [5.41, 5.74) is 0. The maximum Gasteiger partial charge on any atom is 0.151 e. The predicted molar refractivity (Wildman–Crippen MR) is 29.9 cm³/mol. The van der Waals surface area contributed by atoms with Gasteiger partial charge < -0.3 is 14.9 Å². The molecule has 0 aliphatic rings. The van der Waals surface area contributed by atoms with Crippen LogP contribution >= 0.6 is 0 Å². The zero-order chi connectivity index (χ0) is 7.28. The van der Waals surface area contributed by atoms with Crippen molar-refractivity contribution in [3.63, 3.8) is 0 Å². The van der Waals surface area contributed by atoms with Crippen molar-refractivity contribution < 1.29 is 19.3 Å². The van der Waals surface area contributed by atoms with Crippen molar-refractivity contribution in [1.29, 1.82) is 0 Å². The fraction of sp³-hybridized carbons (Fsp3) is 1.00. The number of ether oxygens (including phenoxy) is 1. The quantitative estimate of drug-likeness (QED) is 0.541. The van der Waals surface area contributed by atoms with Gasteiger partial charge >= 0.3 is 0 Å². The molecule has 0 fully saturated rings. The summed E-state index contributed by atoms with van der Waals surface area (Å²) in [6, 6.07) is 0. The third kappa shape index (κ3) is 3.40. The summed E-state index contributed by atoms with van der Waals surface area (Å²) >= 11 is 0. The maximum absolute atomic E-state index is 12.3. The molecule has 0 radical (unpaired) electrons. The highest BCUT2D eigenvalue weighted by Gasteiger charge is 2.15. The van der Waals surface area contributed by atoms with Crippen LogP contribution in [-0.2, 0) is 4.74 Å². The Morgan fingerprint density at radius 3 is 2.56 bits per heavy atom. The first-order valence-electron chi connectivity index (χ1n) is 2.64. The summed E-state index contributed by atoms with van der Waals surface area (Å²) in [6.45, 7) is -0.744. The fourth-order valence-corrected chi connectivity index (χ4v) is 0.385. The summed E-state index contributed by atoms with van der Waals surface area (Å²) in [4.78, 5) is 0. The molecule has 4 heteroatoms. The molecule has 0 aliphatic carbocycles. The van der Waals surface area contributed by atoms with Crippen LogP contribution in [0.1, 0.15) is 0 Å². The normalized spacial score (nSPS) is 17.3. The number of alkyl halides is 1. The van der Waals surface area contributed by atoms with Crippen molar-refractivity contribution in [3.8, 4) is 0 Å². The Kier molecular flexibility index (Phi) is 4.57. The van der Waals surface area contributed by atoms with Crippen LogP contribution in [-0.4, -0.2) is 42.8 Å². The van der Waals surface area contributed by atoms with E-state index in [9.17, 15) is 4.39 Å². The Morgan fingerprint density at radius 2 is 2.22 bits per heavy atom. The molecule has 2 atom stereocenters. The largest absolute Gasteiger partial charge is 0.394 e. The molecule has 0 saturated carbocycles. The van der Waals surface area contributed by atoms with E-state index in [4.69, 9.17) is 10.2 Å². The van der Waals surface area contributed by atoms with Gasteiger partial charge in [0.15, 0.2) is 6.17 Å². The van der Waals surface area contributed by atoms with Crippen molar-refractivity contribution in [2.75, 3.05) is 20.3 Å². The summed E-state index contributed by atoms with van der Waals surface area (Å²) in [5, 5.41) is 16.7. The Bertz CT molecular complexity index is 69.2. The summed E-state index contributed by atoms with van der Waals surface area (Å²) in [7, 11) is 1.33. The van der Waals surface area contributed by atoms with Crippen LogP contribution in [0.15, 0.2) is 0 Å². The molecule has 0 heterocycles. The molecule has 56 valence electrons. The first-order valence-corrected chi connectivity index (χ1v) is 2.64. The molecule has 0 spiro atoms. The standard InChI is InChI=1S/C5H11FO3/c1-9-3-4(6)5(8)2-7/h4-5,7-8H,2-3H2,1H3. The minimum Gasteiger partial charge on any atom is -0.394 e. The van der Waals surface area contributed by atoms with Gasteiger partial charge in [-0.3, -0.25) is 0 Å². The molecule has 0 aromatic heterocycles. The van der Waals surface area contributed by atoms with Crippen molar-refractivity contribution >= 4 is 0 Å². The first kappa shape index (κ1) is 8.81. The minimum absolute atomic E-state index is 0.179. The van der Waals surface area contributed by atoms with Gasteiger partial charge in [-0.1, -0.05) is 0 Å². The Morgan fingerprint density at radius 1 is 1.67 bits per heavy atom. The molecular formula is C5H11FO3. The highest BCUT2D eigenvalue weighted by atomic mass is 19.1. The molecule has 2 N–H and O–H groups in total. The molecule has 0 aliphatic heterocycles. The molecule has 2 unspecified atom stereocenters. The molecule has 0 bridgehead atoms. The van der Waals surface area contributed by atoms with Crippen LogP contribution in [0.3, 0.4) is 0 Å². The van der Waals surface area contributed by atoms with E-state index in [2.05, 4.69) is 4.74 Å². The van der Waals surface area contributed by atoms with Crippen LogP contribution in [0.4, 0.5) is 4.39 Å². The number of hydrogen-bond acceptors (Lipinski definition) is 3. The van der Waals surface area contributed by atoms with Crippen molar-refractivity contribution in [2.45, 2.75) is 12.3 Å². The van der Waals surface area contributed by atoms with Crippen molar-refractivity contribution in [1.82, 2.24) is 0 Å². The number of halogens is 1. The van der Waals surface area contributed by atoms with Crippen LogP contribution in [0, 0.1) is 0 Å². The third-order valence-electron chi connectivity index (χ3n) is 0.930. The Hall–Kier alpha value is -0.190. The molecule has 0 aromatic rings. The van der Waals surface area contributed by atoms with E-state index in [1.807, 2.05) is 0 Å².